The second-order valence-corrected chi connectivity index (χ2v) is 14.0. The van der Waals surface area contributed by atoms with E-state index in [1.165, 1.54) is 45.0 Å². The number of ether oxygens (including phenoxy) is 1. The first kappa shape index (κ1) is 26.3. The molecule has 196 valence electrons. The lowest BCUT2D eigenvalue weighted by Gasteiger charge is -2.48. The Bertz CT molecular complexity index is 961. The molecule has 0 radical (unpaired) electrons. The SMILES string of the molecule is CC(C)(C)OC(=O)N1CCC(CN2CCC3(CC2)CCN(c2ccc(S(C)(=O)=O)cc2)CC3)CC1. The molecule has 3 aliphatic heterocycles. The summed E-state index contributed by atoms with van der Waals surface area (Å²) in [4.78, 5) is 19.6. The highest BCUT2D eigenvalue weighted by molar-refractivity contribution is 7.90. The van der Waals surface area contributed by atoms with Crippen LogP contribution in [0.1, 0.15) is 59.3 Å². The van der Waals surface area contributed by atoms with Gasteiger partial charge in [-0.15, -0.1) is 0 Å². The minimum atomic E-state index is -3.15. The topological polar surface area (TPSA) is 70.2 Å². The molecule has 1 spiro atoms. The summed E-state index contributed by atoms with van der Waals surface area (Å²) in [6.07, 6.45) is 8.17. The fourth-order valence-corrected chi connectivity index (χ4v) is 6.47. The van der Waals surface area contributed by atoms with Crippen LogP contribution in [-0.4, -0.2) is 82.0 Å². The Labute approximate surface area is 211 Å². The minimum absolute atomic E-state index is 0.173. The Hall–Kier alpha value is -1.80. The van der Waals surface area contributed by atoms with E-state index < -0.39 is 15.4 Å². The van der Waals surface area contributed by atoms with Crippen LogP contribution in [0.25, 0.3) is 0 Å². The summed E-state index contributed by atoms with van der Waals surface area (Å²) in [5.41, 5.74) is 1.15. The summed E-state index contributed by atoms with van der Waals surface area (Å²) in [6, 6.07) is 7.35. The van der Waals surface area contributed by atoms with Gasteiger partial charge in [0.25, 0.3) is 0 Å². The van der Waals surface area contributed by atoms with Gasteiger partial charge >= 0.3 is 6.09 Å². The van der Waals surface area contributed by atoms with Crippen molar-refractivity contribution >= 4 is 21.6 Å². The van der Waals surface area contributed by atoms with Crippen molar-refractivity contribution in [2.24, 2.45) is 11.3 Å². The van der Waals surface area contributed by atoms with E-state index in [0.717, 1.165) is 51.3 Å². The van der Waals surface area contributed by atoms with Crippen molar-refractivity contribution in [1.82, 2.24) is 9.80 Å². The summed E-state index contributed by atoms with van der Waals surface area (Å²) in [5.74, 6) is 0.666. The van der Waals surface area contributed by atoms with Gasteiger partial charge < -0.3 is 19.4 Å². The van der Waals surface area contributed by atoms with E-state index in [9.17, 15) is 13.2 Å². The average molecular weight is 506 g/mol. The number of sulfone groups is 1. The number of rotatable bonds is 4. The number of benzene rings is 1. The summed E-state index contributed by atoms with van der Waals surface area (Å²) >= 11 is 0. The molecule has 8 heteroatoms. The zero-order chi connectivity index (χ0) is 25.3. The lowest BCUT2D eigenvalue weighted by Crippen LogP contribution is -2.49. The number of likely N-dealkylation sites (tertiary alicyclic amines) is 2. The van der Waals surface area contributed by atoms with Crippen LogP contribution in [0.4, 0.5) is 10.5 Å². The maximum Gasteiger partial charge on any atom is 0.410 e. The molecule has 3 saturated heterocycles. The molecular formula is C27H43N3O4S. The molecule has 0 aliphatic carbocycles. The van der Waals surface area contributed by atoms with Gasteiger partial charge in [0.1, 0.15) is 5.60 Å². The van der Waals surface area contributed by atoms with E-state index >= 15 is 0 Å². The van der Waals surface area contributed by atoms with Crippen molar-refractivity contribution in [2.75, 3.05) is 57.0 Å². The molecule has 1 aromatic rings. The zero-order valence-electron chi connectivity index (χ0n) is 22.0. The highest BCUT2D eigenvalue weighted by atomic mass is 32.2. The van der Waals surface area contributed by atoms with Crippen LogP contribution >= 0.6 is 0 Å². The molecule has 1 amide bonds. The summed E-state index contributed by atoms with van der Waals surface area (Å²) in [5, 5.41) is 0. The van der Waals surface area contributed by atoms with E-state index in [0.29, 0.717) is 16.2 Å². The molecule has 0 aromatic heterocycles. The van der Waals surface area contributed by atoms with Crippen LogP contribution in [0.2, 0.25) is 0 Å². The standard InChI is InChI=1S/C27H43N3O4S/c1-26(2,3)34-25(31)30-15-9-22(10-16-30)21-28-17-11-27(12-18-28)13-19-29(20-14-27)23-5-7-24(8-6-23)35(4,32)33/h5-8,22H,9-21H2,1-4H3. The van der Waals surface area contributed by atoms with Crippen molar-refractivity contribution in [3.8, 4) is 0 Å². The van der Waals surface area contributed by atoms with Crippen molar-refractivity contribution in [1.29, 1.82) is 0 Å². The fraction of sp³-hybridized carbons (Fsp3) is 0.741. The molecule has 1 aromatic carbocycles. The largest absolute Gasteiger partial charge is 0.444 e. The van der Waals surface area contributed by atoms with Gasteiger partial charge in [0.2, 0.25) is 0 Å². The van der Waals surface area contributed by atoms with E-state index in [4.69, 9.17) is 4.74 Å². The number of hydrogen-bond donors (Lipinski definition) is 0. The van der Waals surface area contributed by atoms with Crippen molar-refractivity contribution in [3.05, 3.63) is 24.3 Å². The molecule has 4 rings (SSSR count). The highest BCUT2D eigenvalue weighted by Gasteiger charge is 2.38. The van der Waals surface area contributed by atoms with Gasteiger partial charge in [0.15, 0.2) is 9.84 Å². The summed E-state index contributed by atoms with van der Waals surface area (Å²) in [7, 11) is -3.15. The number of amides is 1. The highest BCUT2D eigenvalue weighted by Crippen LogP contribution is 2.42. The second-order valence-electron chi connectivity index (χ2n) is 12.0. The zero-order valence-corrected chi connectivity index (χ0v) is 22.8. The Balaban J connectivity index is 1.19. The van der Waals surface area contributed by atoms with Crippen LogP contribution in [0, 0.1) is 11.3 Å². The quantitative estimate of drug-likeness (QED) is 0.603. The first-order valence-corrected chi connectivity index (χ1v) is 15.1. The Morgan fingerprint density at radius 1 is 0.943 bits per heavy atom. The second kappa shape index (κ2) is 10.3. The van der Waals surface area contributed by atoms with E-state index in [1.54, 1.807) is 12.1 Å². The first-order valence-electron chi connectivity index (χ1n) is 13.2. The van der Waals surface area contributed by atoms with Crippen LogP contribution in [0.5, 0.6) is 0 Å². The van der Waals surface area contributed by atoms with Gasteiger partial charge in [-0.3, -0.25) is 0 Å². The van der Waals surface area contributed by atoms with Gasteiger partial charge in [-0.2, -0.15) is 0 Å². The first-order chi connectivity index (χ1) is 16.4. The number of nitrogens with zero attached hydrogens (tertiary/aromatic N) is 3. The molecule has 35 heavy (non-hydrogen) atoms. The van der Waals surface area contributed by atoms with Crippen LogP contribution in [-0.2, 0) is 14.6 Å². The molecule has 0 atom stereocenters. The van der Waals surface area contributed by atoms with Gasteiger partial charge in [0, 0.05) is 44.7 Å². The third-order valence-electron chi connectivity index (χ3n) is 8.15. The summed E-state index contributed by atoms with van der Waals surface area (Å²) in [6.45, 7) is 13.0. The number of anilines is 1. The molecule has 0 unspecified atom stereocenters. The lowest BCUT2D eigenvalue weighted by atomic mass is 9.71. The normalized spacial score (nSPS) is 22.4. The van der Waals surface area contributed by atoms with Gasteiger partial charge in [-0.1, -0.05) is 0 Å². The van der Waals surface area contributed by atoms with Crippen molar-refractivity contribution in [2.45, 2.75) is 69.8 Å². The van der Waals surface area contributed by atoms with Crippen LogP contribution < -0.4 is 4.90 Å². The van der Waals surface area contributed by atoms with Crippen molar-refractivity contribution in [3.63, 3.8) is 0 Å². The third kappa shape index (κ3) is 6.91. The molecule has 0 bridgehead atoms. The van der Waals surface area contributed by atoms with Gasteiger partial charge in [-0.05, 0) is 108 Å². The maximum atomic E-state index is 12.3. The molecule has 3 aliphatic rings. The van der Waals surface area contributed by atoms with E-state index in [2.05, 4.69) is 9.80 Å². The Morgan fingerprint density at radius 2 is 1.49 bits per heavy atom. The molecule has 3 heterocycles. The molecule has 7 nitrogen and oxygen atoms in total. The van der Waals surface area contributed by atoms with Crippen LogP contribution in [0.15, 0.2) is 29.2 Å². The van der Waals surface area contributed by atoms with Crippen molar-refractivity contribution < 1.29 is 17.9 Å². The Kier molecular flexibility index (Phi) is 7.72. The molecule has 3 fully saturated rings. The average Bonchev–Trinajstić information content (AvgIpc) is 2.80. The molecule has 0 N–H and O–H groups in total. The number of piperidine rings is 3. The van der Waals surface area contributed by atoms with E-state index in [-0.39, 0.29) is 6.09 Å². The molecular weight excluding hydrogens is 462 g/mol. The molecule has 0 saturated carbocycles. The number of hydrogen-bond acceptors (Lipinski definition) is 6. The fourth-order valence-electron chi connectivity index (χ4n) is 5.84. The Morgan fingerprint density at radius 3 is 2.00 bits per heavy atom. The monoisotopic (exact) mass is 505 g/mol. The maximum absolute atomic E-state index is 12.3. The number of carbonyl (C=O) groups excluding carboxylic acids is 1. The predicted molar refractivity (Wildman–Crippen MR) is 140 cm³/mol. The van der Waals surface area contributed by atoms with Crippen LogP contribution in [0.3, 0.4) is 0 Å². The third-order valence-corrected chi connectivity index (χ3v) is 9.28. The summed E-state index contributed by atoms with van der Waals surface area (Å²) < 4.78 is 29.0. The van der Waals surface area contributed by atoms with Gasteiger partial charge in [0.05, 0.1) is 4.90 Å². The van der Waals surface area contributed by atoms with E-state index in [1.807, 2.05) is 37.8 Å². The lowest BCUT2D eigenvalue weighted by molar-refractivity contribution is 0.0146. The predicted octanol–water partition coefficient (Wildman–Crippen LogP) is 4.42. The number of carbonyl (C=O) groups is 1. The smallest absolute Gasteiger partial charge is 0.410 e. The van der Waals surface area contributed by atoms with Gasteiger partial charge in [-0.25, -0.2) is 13.2 Å². The minimum Gasteiger partial charge on any atom is -0.444 e.